The van der Waals surface area contributed by atoms with Crippen molar-refractivity contribution in [2.45, 2.75) is 45.4 Å². The SMILES string of the molecule is CC/C(=C1\CC(C)(C)[C@]1(O)C(F)(F)F)c1ccc(O)cc1. The first-order valence-electron chi connectivity index (χ1n) is 6.85. The van der Waals surface area contributed by atoms with Crippen LogP contribution < -0.4 is 0 Å². The molecule has 5 heteroatoms. The van der Waals surface area contributed by atoms with E-state index in [1.807, 2.05) is 0 Å². The van der Waals surface area contributed by atoms with Crippen LogP contribution in [0.4, 0.5) is 13.2 Å². The van der Waals surface area contributed by atoms with Crippen LogP contribution in [0, 0.1) is 5.41 Å². The normalized spacial score (nSPS) is 27.2. The lowest BCUT2D eigenvalue weighted by molar-refractivity contribution is -0.303. The van der Waals surface area contributed by atoms with Crippen molar-refractivity contribution in [3.8, 4) is 5.75 Å². The molecule has 0 aromatic heterocycles. The highest BCUT2D eigenvalue weighted by Crippen LogP contribution is 2.62. The molecule has 1 aliphatic rings. The minimum atomic E-state index is -4.71. The van der Waals surface area contributed by atoms with Crippen molar-refractivity contribution in [3.63, 3.8) is 0 Å². The van der Waals surface area contributed by atoms with Crippen molar-refractivity contribution in [2.75, 3.05) is 0 Å². The number of phenols is 1. The van der Waals surface area contributed by atoms with Crippen LogP contribution in [0.25, 0.3) is 5.57 Å². The average molecular weight is 300 g/mol. The molecule has 0 aliphatic heterocycles. The predicted molar refractivity (Wildman–Crippen MR) is 74.7 cm³/mol. The quantitative estimate of drug-likeness (QED) is 0.856. The molecule has 0 amide bonds. The molecule has 0 radical (unpaired) electrons. The van der Waals surface area contributed by atoms with Crippen molar-refractivity contribution in [1.82, 2.24) is 0 Å². The van der Waals surface area contributed by atoms with Crippen molar-refractivity contribution in [3.05, 3.63) is 35.4 Å². The molecule has 1 aromatic carbocycles. The summed E-state index contributed by atoms with van der Waals surface area (Å²) in [6.45, 7) is 4.61. The molecule has 2 nitrogen and oxygen atoms in total. The predicted octanol–water partition coefficient (Wildman–Crippen LogP) is 4.28. The maximum Gasteiger partial charge on any atom is 0.421 e. The van der Waals surface area contributed by atoms with Gasteiger partial charge in [-0.25, -0.2) is 0 Å². The summed E-state index contributed by atoms with van der Waals surface area (Å²) < 4.78 is 40.1. The Morgan fingerprint density at radius 3 is 2.10 bits per heavy atom. The van der Waals surface area contributed by atoms with E-state index in [0.29, 0.717) is 17.6 Å². The van der Waals surface area contributed by atoms with Crippen LogP contribution in [0.1, 0.15) is 39.2 Å². The molecule has 0 unspecified atom stereocenters. The van der Waals surface area contributed by atoms with Crippen molar-refractivity contribution < 1.29 is 23.4 Å². The van der Waals surface area contributed by atoms with Crippen molar-refractivity contribution in [1.29, 1.82) is 0 Å². The van der Waals surface area contributed by atoms with Gasteiger partial charge in [0.25, 0.3) is 0 Å². The van der Waals surface area contributed by atoms with E-state index in [2.05, 4.69) is 0 Å². The van der Waals surface area contributed by atoms with Crippen LogP contribution in [0.15, 0.2) is 29.8 Å². The summed E-state index contributed by atoms with van der Waals surface area (Å²) in [6, 6.07) is 6.01. The fourth-order valence-electron chi connectivity index (χ4n) is 3.13. The van der Waals surface area contributed by atoms with E-state index < -0.39 is 17.2 Å². The third kappa shape index (κ3) is 2.24. The van der Waals surface area contributed by atoms with Crippen LogP contribution in [-0.2, 0) is 0 Å². The number of benzene rings is 1. The molecule has 0 heterocycles. The Balaban J connectivity index is 2.58. The second kappa shape index (κ2) is 4.77. The average Bonchev–Trinajstić information content (AvgIpc) is 2.38. The van der Waals surface area contributed by atoms with Crippen LogP contribution in [0.2, 0.25) is 0 Å². The third-order valence-electron chi connectivity index (χ3n) is 4.38. The minimum Gasteiger partial charge on any atom is -0.508 e. The van der Waals surface area contributed by atoms with Gasteiger partial charge in [-0.2, -0.15) is 13.2 Å². The highest BCUT2D eigenvalue weighted by atomic mass is 19.4. The van der Waals surface area contributed by atoms with E-state index in [9.17, 15) is 23.4 Å². The van der Waals surface area contributed by atoms with E-state index in [0.717, 1.165) is 0 Å². The monoisotopic (exact) mass is 300 g/mol. The van der Waals surface area contributed by atoms with Gasteiger partial charge >= 0.3 is 6.18 Å². The zero-order chi connectivity index (χ0) is 16.1. The van der Waals surface area contributed by atoms with Crippen LogP contribution in [0.5, 0.6) is 5.75 Å². The lowest BCUT2D eigenvalue weighted by Gasteiger charge is -2.55. The fraction of sp³-hybridized carbons (Fsp3) is 0.500. The Kier molecular flexibility index (Phi) is 3.61. The van der Waals surface area contributed by atoms with Gasteiger partial charge in [-0.05, 0) is 41.7 Å². The summed E-state index contributed by atoms with van der Waals surface area (Å²) in [5.41, 5.74) is -2.90. The molecule has 0 spiro atoms. The van der Waals surface area contributed by atoms with Gasteiger partial charge < -0.3 is 10.2 Å². The van der Waals surface area contributed by atoms with Gasteiger partial charge in [0.15, 0.2) is 5.60 Å². The standard InChI is InChI=1S/C16H19F3O2/c1-4-12(10-5-7-11(20)8-6-10)13-9-14(2,3)15(13,21)16(17,18)19/h5-8,20-21H,4,9H2,1-3H3/b13-12-/t15-/m0/s1. The Morgan fingerprint density at radius 2 is 1.71 bits per heavy atom. The fourth-order valence-corrected chi connectivity index (χ4v) is 3.13. The van der Waals surface area contributed by atoms with Gasteiger partial charge in [0.1, 0.15) is 5.75 Å². The molecule has 2 N–H and O–H groups in total. The number of halogens is 3. The first-order valence-corrected chi connectivity index (χ1v) is 6.85. The van der Waals surface area contributed by atoms with Gasteiger partial charge in [0, 0.05) is 5.41 Å². The second-order valence-corrected chi connectivity index (χ2v) is 6.13. The number of hydrogen-bond donors (Lipinski definition) is 2. The van der Waals surface area contributed by atoms with E-state index in [-0.39, 0.29) is 17.7 Å². The highest BCUT2D eigenvalue weighted by Gasteiger charge is 2.71. The Hall–Kier alpha value is -1.49. The number of aliphatic hydroxyl groups is 1. The van der Waals surface area contributed by atoms with Crippen molar-refractivity contribution in [2.24, 2.45) is 5.41 Å². The molecule has 116 valence electrons. The number of aromatic hydroxyl groups is 1. The lowest BCUT2D eigenvalue weighted by atomic mass is 9.53. The van der Waals surface area contributed by atoms with E-state index in [1.54, 1.807) is 19.1 Å². The molecule has 2 rings (SSSR count). The molecular weight excluding hydrogens is 281 g/mol. The van der Waals surface area contributed by atoms with Crippen LogP contribution in [0.3, 0.4) is 0 Å². The van der Waals surface area contributed by atoms with Gasteiger partial charge in [-0.1, -0.05) is 32.9 Å². The Labute approximate surface area is 121 Å². The summed E-state index contributed by atoms with van der Waals surface area (Å²) in [6.07, 6.45) is -4.12. The van der Waals surface area contributed by atoms with E-state index >= 15 is 0 Å². The van der Waals surface area contributed by atoms with Crippen LogP contribution in [-0.4, -0.2) is 22.0 Å². The second-order valence-electron chi connectivity index (χ2n) is 6.13. The van der Waals surface area contributed by atoms with Crippen LogP contribution >= 0.6 is 0 Å². The van der Waals surface area contributed by atoms with Gasteiger partial charge in [-0.3, -0.25) is 0 Å². The molecular formula is C16H19F3O2. The Bertz CT molecular complexity index is 558. The molecule has 1 atom stereocenters. The number of allylic oxidation sites excluding steroid dienone is 1. The first kappa shape index (κ1) is 15.9. The number of alkyl halides is 3. The molecule has 21 heavy (non-hydrogen) atoms. The first-order chi connectivity index (χ1) is 9.54. The third-order valence-corrected chi connectivity index (χ3v) is 4.38. The minimum absolute atomic E-state index is 0.0354. The molecule has 0 saturated heterocycles. The summed E-state index contributed by atoms with van der Waals surface area (Å²) in [5.74, 6) is 0.0548. The topological polar surface area (TPSA) is 40.5 Å². The summed E-state index contributed by atoms with van der Waals surface area (Å²) in [4.78, 5) is 0. The molecule has 1 fully saturated rings. The highest BCUT2D eigenvalue weighted by molar-refractivity contribution is 5.73. The maximum absolute atomic E-state index is 13.4. The lowest BCUT2D eigenvalue weighted by Crippen LogP contribution is -2.65. The smallest absolute Gasteiger partial charge is 0.421 e. The van der Waals surface area contributed by atoms with Crippen molar-refractivity contribution >= 4 is 5.57 Å². The van der Waals surface area contributed by atoms with Gasteiger partial charge in [0.05, 0.1) is 0 Å². The molecule has 0 bridgehead atoms. The van der Waals surface area contributed by atoms with Gasteiger partial charge in [0.2, 0.25) is 0 Å². The zero-order valence-electron chi connectivity index (χ0n) is 12.3. The van der Waals surface area contributed by atoms with Gasteiger partial charge in [-0.15, -0.1) is 0 Å². The largest absolute Gasteiger partial charge is 0.508 e. The summed E-state index contributed by atoms with van der Waals surface area (Å²) >= 11 is 0. The number of phenolic OH excluding ortho intramolecular Hbond substituents is 1. The molecule has 1 aromatic rings. The molecule has 1 saturated carbocycles. The Morgan fingerprint density at radius 1 is 1.19 bits per heavy atom. The maximum atomic E-state index is 13.4. The number of rotatable bonds is 2. The summed E-state index contributed by atoms with van der Waals surface area (Å²) in [7, 11) is 0. The number of hydrogen-bond acceptors (Lipinski definition) is 2. The summed E-state index contributed by atoms with van der Waals surface area (Å²) in [5, 5.41) is 19.6. The zero-order valence-corrected chi connectivity index (χ0v) is 12.3. The van der Waals surface area contributed by atoms with E-state index in [1.165, 1.54) is 26.0 Å². The molecule has 1 aliphatic carbocycles. The van der Waals surface area contributed by atoms with E-state index in [4.69, 9.17) is 0 Å².